The van der Waals surface area contributed by atoms with Gasteiger partial charge in [0.1, 0.15) is 6.61 Å². The Hall–Kier alpha value is -0.330. The third-order valence-electron chi connectivity index (χ3n) is 2.01. The van der Waals surface area contributed by atoms with Gasteiger partial charge in [-0.05, 0) is 26.8 Å². The van der Waals surface area contributed by atoms with Crippen molar-refractivity contribution < 1.29 is 22.6 Å². The van der Waals surface area contributed by atoms with Crippen LogP contribution in [0.3, 0.4) is 0 Å². The lowest BCUT2D eigenvalue weighted by Crippen LogP contribution is -2.37. The molecular formula is C10H20F3NO2. The van der Waals surface area contributed by atoms with E-state index in [1.165, 1.54) is 0 Å². The van der Waals surface area contributed by atoms with Gasteiger partial charge < -0.3 is 14.8 Å². The summed E-state index contributed by atoms with van der Waals surface area (Å²) >= 11 is 0. The van der Waals surface area contributed by atoms with Gasteiger partial charge in [0.25, 0.3) is 0 Å². The van der Waals surface area contributed by atoms with Crippen molar-refractivity contribution in [3.63, 3.8) is 0 Å². The van der Waals surface area contributed by atoms with E-state index in [2.05, 4.69) is 10.1 Å². The Bertz CT molecular complexity index is 183. The molecule has 3 nitrogen and oxygen atoms in total. The van der Waals surface area contributed by atoms with Gasteiger partial charge in [-0.1, -0.05) is 0 Å². The molecule has 0 aliphatic carbocycles. The molecule has 1 N–H and O–H groups in total. The zero-order valence-electron chi connectivity index (χ0n) is 9.99. The van der Waals surface area contributed by atoms with E-state index in [1.807, 2.05) is 13.8 Å². The van der Waals surface area contributed by atoms with Crippen molar-refractivity contribution in [1.82, 2.24) is 5.32 Å². The average Bonchev–Trinajstić information content (AvgIpc) is 2.14. The number of hydrogen-bond acceptors (Lipinski definition) is 3. The van der Waals surface area contributed by atoms with Crippen molar-refractivity contribution in [2.45, 2.75) is 32.0 Å². The van der Waals surface area contributed by atoms with Gasteiger partial charge in [-0.15, -0.1) is 0 Å². The number of hydrogen-bond donors (Lipinski definition) is 1. The lowest BCUT2D eigenvalue weighted by molar-refractivity contribution is -0.173. The SMILES string of the molecule is COC(C)(C)CNCCCOCC(F)(F)F. The first-order valence-corrected chi connectivity index (χ1v) is 5.17. The molecule has 0 amide bonds. The third-order valence-corrected chi connectivity index (χ3v) is 2.01. The quantitative estimate of drug-likeness (QED) is 0.661. The molecule has 0 heterocycles. The summed E-state index contributed by atoms with van der Waals surface area (Å²) < 4.78 is 44.7. The van der Waals surface area contributed by atoms with E-state index in [0.29, 0.717) is 19.5 Å². The van der Waals surface area contributed by atoms with E-state index in [9.17, 15) is 13.2 Å². The number of halogens is 3. The Kier molecular flexibility index (Phi) is 6.94. The van der Waals surface area contributed by atoms with E-state index in [1.54, 1.807) is 7.11 Å². The Labute approximate surface area is 94.3 Å². The average molecular weight is 243 g/mol. The van der Waals surface area contributed by atoms with Crippen molar-refractivity contribution in [3.05, 3.63) is 0 Å². The highest BCUT2D eigenvalue weighted by Gasteiger charge is 2.27. The fourth-order valence-corrected chi connectivity index (χ4v) is 0.949. The van der Waals surface area contributed by atoms with Crippen LogP contribution in [0.2, 0.25) is 0 Å². The summed E-state index contributed by atoms with van der Waals surface area (Å²) in [7, 11) is 1.62. The minimum Gasteiger partial charge on any atom is -0.377 e. The second-order valence-corrected chi connectivity index (χ2v) is 4.16. The minimum atomic E-state index is -4.23. The van der Waals surface area contributed by atoms with Crippen LogP contribution in [0.25, 0.3) is 0 Å². The molecule has 0 spiro atoms. The molecular weight excluding hydrogens is 223 g/mol. The molecule has 0 aliphatic heterocycles. The van der Waals surface area contributed by atoms with Crippen LogP contribution >= 0.6 is 0 Å². The fraction of sp³-hybridized carbons (Fsp3) is 1.00. The van der Waals surface area contributed by atoms with Crippen LogP contribution in [0.4, 0.5) is 13.2 Å². The fourth-order valence-electron chi connectivity index (χ4n) is 0.949. The lowest BCUT2D eigenvalue weighted by Gasteiger charge is -2.23. The molecule has 0 atom stereocenters. The number of rotatable bonds is 8. The van der Waals surface area contributed by atoms with E-state index in [0.717, 1.165) is 0 Å². The molecule has 0 unspecified atom stereocenters. The number of alkyl halides is 3. The molecule has 16 heavy (non-hydrogen) atoms. The zero-order chi connectivity index (χ0) is 12.7. The van der Waals surface area contributed by atoms with Crippen LogP contribution in [0.5, 0.6) is 0 Å². The summed E-state index contributed by atoms with van der Waals surface area (Å²) in [5, 5.41) is 3.09. The van der Waals surface area contributed by atoms with Crippen LogP contribution in [-0.2, 0) is 9.47 Å². The first kappa shape index (κ1) is 15.7. The van der Waals surface area contributed by atoms with Crippen LogP contribution < -0.4 is 5.32 Å². The molecule has 0 aromatic rings. The highest BCUT2D eigenvalue weighted by molar-refractivity contribution is 4.70. The van der Waals surface area contributed by atoms with Crippen LogP contribution in [0.1, 0.15) is 20.3 Å². The van der Waals surface area contributed by atoms with Gasteiger partial charge >= 0.3 is 6.18 Å². The number of methoxy groups -OCH3 is 1. The summed E-state index contributed by atoms with van der Waals surface area (Å²) in [6.07, 6.45) is -3.68. The predicted octanol–water partition coefficient (Wildman–Crippen LogP) is 1.97. The van der Waals surface area contributed by atoms with Gasteiger partial charge in [-0.2, -0.15) is 13.2 Å². The van der Waals surface area contributed by atoms with E-state index >= 15 is 0 Å². The van der Waals surface area contributed by atoms with Crippen molar-refractivity contribution in [2.75, 3.05) is 33.4 Å². The van der Waals surface area contributed by atoms with E-state index in [-0.39, 0.29) is 12.2 Å². The first-order valence-electron chi connectivity index (χ1n) is 5.17. The van der Waals surface area contributed by atoms with Gasteiger partial charge in [-0.3, -0.25) is 0 Å². The van der Waals surface area contributed by atoms with Crippen molar-refractivity contribution in [1.29, 1.82) is 0 Å². The molecule has 98 valence electrons. The number of nitrogens with one attached hydrogen (secondary N) is 1. The molecule has 0 fully saturated rings. The topological polar surface area (TPSA) is 30.5 Å². The van der Waals surface area contributed by atoms with Gasteiger partial charge in [0.05, 0.1) is 5.60 Å². The molecule has 0 aromatic heterocycles. The van der Waals surface area contributed by atoms with E-state index in [4.69, 9.17) is 4.74 Å². The van der Waals surface area contributed by atoms with Crippen molar-refractivity contribution in [3.8, 4) is 0 Å². The Morgan fingerprint density at radius 1 is 1.19 bits per heavy atom. The summed E-state index contributed by atoms with van der Waals surface area (Å²) in [6, 6.07) is 0. The molecule has 0 rings (SSSR count). The molecule has 0 radical (unpaired) electrons. The van der Waals surface area contributed by atoms with Crippen molar-refractivity contribution >= 4 is 0 Å². The Morgan fingerprint density at radius 2 is 1.81 bits per heavy atom. The lowest BCUT2D eigenvalue weighted by atomic mass is 10.1. The van der Waals surface area contributed by atoms with Crippen LogP contribution in [-0.4, -0.2) is 45.2 Å². The largest absolute Gasteiger partial charge is 0.411 e. The zero-order valence-corrected chi connectivity index (χ0v) is 9.99. The van der Waals surface area contributed by atoms with Gasteiger partial charge in [-0.25, -0.2) is 0 Å². The first-order chi connectivity index (χ1) is 7.27. The van der Waals surface area contributed by atoms with E-state index < -0.39 is 12.8 Å². The second-order valence-electron chi connectivity index (χ2n) is 4.16. The summed E-state index contributed by atoms with van der Waals surface area (Å²) in [5.74, 6) is 0. The number of ether oxygens (including phenoxy) is 2. The van der Waals surface area contributed by atoms with Gasteiger partial charge in [0.2, 0.25) is 0 Å². The second kappa shape index (κ2) is 7.09. The Balaban J connectivity index is 3.29. The molecule has 6 heteroatoms. The normalized spacial score (nSPS) is 13.1. The van der Waals surface area contributed by atoms with Gasteiger partial charge in [0, 0.05) is 20.3 Å². The predicted molar refractivity (Wildman–Crippen MR) is 55.4 cm³/mol. The standard InChI is InChI=1S/C10H20F3NO2/c1-9(2,15-3)7-14-5-4-6-16-8-10(11,12)13/h14H,4-8H2,1-3H3. The summed E-state index contributed by atoms with van der Waals surface area (Å²) in [4.78, 5) is 0. The molecule has 0 bridgehead atoms. The minimum absolute atomic E-state index is 0.111. The maximum atomic E-state index is 11.7. The monoisotopic (exact) mass is 243 g/mol. The van der Waals surface area contributed by atoms with Crippen LogP contribution in [0.15, 0.2) is 0 Å². The summed E-state index contributed by atoms with van der Waals surface area (Å²) in [6.45, 7) is 4.07. The molecule has 0 aromatic carbocycles. The summed E-state index contributed by atoms with van der Waals surface area (Å²) in [5.41, 5.74) is -0.257. The third kappa shape index (κ3) is 10.2. The highest BCUT2D eigenvalue weighted by atomic mass is 19.4. The molecule has 0 saturated heterocycles. The Morgan fingerprint density at radius 3 is 2.31 bits per heavy atom. The highest BCUT2D eigenvalue weighted by Crippen LogP contribution is 2.14. The maximum absolute atomic E-state index is 11.7. The molecule has 0 saturated carbocycles. The molecule has 0 aliphatic rings. The van der Waals surface area contributed by atoms with Gasteiger partial charge in [0.15, 0.2) is 0 Å². The van der Waals surface area contributed by atoms with Crippen LogP contribution in [0, 0.1) is 0 Å². The van der Waals surface area contributed by atoms with Crippen molar-refractivity contribution in [2.24, 2.45) is 0 Å². The maximum Gasteiger partial charge on any atom is 0.411 e. The smallest absolute Gasteiger partial charge is 0.377 e.